The van der Waals surface area contributed by atoms with Crippen LogP contribution in [0.3, 0.4) is 0 Å². The van der Waals surface area contributed by atoms with Gasteiger partial charge in [-0.15, -0.1) is 0 Å². The SMILES string of the molecule is O[n+]1onc2cc(F)c(F)cc21. The van der Waals surface area contributed by atoms with Crippen molar-refractivity contribution in [2.75, 3.05) is 0 Å². The average molecular weight is 173 g/mol. The number of halogens is 2. The number of nitrogens with zero attached hydrogens (tertiary/aromatic N) is 2. The number of rotatable bonds is 0. The minimum absolute atomic E-state index is 0.0195. The molecule has 1 N–H and O–H groups in total. The van der Waals surface area contributed by atoms with Crippen molar-refractivity contribution in [2.24, 2.45) is 0 Å². The molecular formula is C6H3F2N2O2+. The van der Waals surface area contributed by atoms with Crippen molar-refractivity contribution in [2.45, 2.75) is 0 Å². The Bertz CT molecular complexity index is 440. The summed E-state index contributed by atoms with van der Waals surface area (Å²) in [6.45, 7) is 0. The predicted octanol–water partition coefficient (Wildman–Crippen LogP) is 0.631. The molecule has 0 bridgehead atoms. The Morgan fingerprint density at radius 2 is 2.00 bits per heavy atom. The largest absolute Gasteiger partial charge is 0.316 e. The van der Waals surface area contributed by atoms with Gasteiger partial charge in [0, 0.05) is 12.1 Å². The summed E-state index contributed by atoms with van der Waals surface area (Å²) in [4.78, 5) is 0.262. The second kappa shape index (κ2) is 2.13. The van der Waals surface area contributed by atoms with Crippen LogP contribution in [0.2, 0.25) is 0 Å². The Morgan fingerprint density at radius 1 is 1.33 bits per heavy atom. The topological polar surface area (TPSA) is 50.1 Å². The van der Waals surface area contributed by atoms with Crippen LogP contribution in [-0.2, 0) is 0 Å². The van der Waals surface area contributed by atoms with Gasteiger partial charge in [0.25, 0.3) is 11.0 Å². The molecule has 0 saturated carbocycles. The summed E-state index contributed by atoms with van der Waals surface area (Å²) < 4.78 is 29.3. The lowest BCUT2D eigenvalue weighted by Crippen LogP contribution is -2.27. The third kappa shape index (κ3) is 0.810. The lowest BCUT2D eigenvalue weighted by molar-refractivity contribution is -1.02. The van der Waals surface area contributed by atoms with Crippen LogP contribution in [0.15, 0.2) is 16.8 Å². The van der Waals surface area contributed by atoms with Gasteiger partial charge in [-0.3, -0.25) is 0 Å². The summed E-state index contributed by atoms with van der Waals surface area (Å²) >= 11 is 0. The van der Waals surface area contributed by atoms with Gasteiger partial charge in [-0.05, 0) is 4.63 Å². The maximum absolute atomic E-state index is 12.5. The monoisotopic (exact) mass is 173 g/mol. The zero-order chi connectivity index (χ0) is 8.72. The van der Waals surface area contributed by atoms with E-state index in [1.54, 1.807) is 0 Å². The van der Waals surface area contributed by atoms with E-state index >= 15 is 0 Å². The van der Waals surface area contributed by atoms with Crippen LogP contribution >= 0.6 is 0 Å². The molecule has 1 aromatic heterocycles. The first-order valence-corrected chi connectivity index (χ1v) is 3.05. The molecule has 0 aliphatic heterocycles. The first-order chi connectivity index (χ1) is 5.68. The van der Waals surface area contributed by atoms with Crippen LogP contribution in [0.4, 0.5) is 8.78 Å². The molecule has 62 valence electrons. The van der Waals surface area contributed by atoms with Crippen LogP contribution in [-0.4, -0.2) is 10.4 Å². The lowest BCUT2D eigenvalue weighted by Gasteiger charge is -1.85. The Balaban J connectivity index is 2.87. The summed E-state index contributed by atoms with van der Waals surface area (Å²) in [5, 5.41) is 12.1. The first-order valence-electron chi connectivity index (χ1n) is 3.05. The Morgan fingerprint density at radius 3 is 2.75 bits per heavy atom. The Kier molecular flexibility index (Phi) is 1.24. The molecule has 2 rings (SSSR count). The number of hydrogen-bond donors (Lipinski definition) is 1. The fourth-order valence-electron chi connectivity index (χ4n) is 0.879. The van der Waals surface area contributed by atoms with E-state index in [0.29, 0.717) is 0 Å². The van der Waals surface area contributed by atoms with Gasteiger partial charge in [-0.25, -0.2) is 8.78 Å². The smallest absolute Gasteiger partial charge is 0.281 e. The number of fused-ring (bicyclic) bond motifs is 1. The van der Waals surface area contributed by atoms with E-state index in [0.717, 1.165) is 12.1 Å². The molecule has 0 amide bonds. The molecule has 6 heteroatoms. The van der Waals surface area contributed by atoms with Gasteiger partial charge < -0.3 is 5.21 Å². The van der Waals surface area contributed by atoms with Crippen molar-refractivity contribution in [3.63, 3.8) is 0 Å². The maximum Gasteiger partial charge on any atom is 0.281 e. The summed E-state index contributed by atoms with van der Waals surface area (Å²) in [5.74, 6) is -2.09. The van der Waals surface area contributed by atoms with Gasteiger partial charge >= 0.3 is 0 Å². The quantitative estimate of drug-likeness (QED) is 0.594. The van der Waals surface area contributed by atoms with Gasteiger partial charge in [0.15, 0.2) is 16.8 Å². The van der Waals surface area contributed by atoms with Crippen LogP contribution in [0.5, 0.6) is 0 Å². The van der Waals surface area contributed by atoms with Gasteiger partial charge in [0.2, 0.25) is 0 Å². The molecule has 4 nitrogen and oxygen atoms in total. The first kappa shape index (κ1) is 6.96. The van der Waals surface area contributed by atoms with E-state index < -0.39 is 11.6 Å². The van der Waals surface area contributed by atoms with Crippen molar-refractivity contribution < 1.29 is 23.5 Å². The third-order valence-electron chi connectivity index (χ3n) is 1.44. The average Bonchev–Trinajstić information content (AvgIpc) is 2.35. The van der Waals surface area contributed by atoms with Gasteiger partial charge in [-0.2, -0.15) is 0 Å². The Labute approximate surface area is 64.5 Å². The van der Waals surface area contributed by atoms with Gasteiger partial charge in [0.05, 0.1) is 0 Å². The molecule has 12 heavy (non-hydrogen) atoms. The molecule has 0 aliphatic rings. The van der Waals surface area contributed by atoms with Crippen molar-refractivity contribution in [3.8, 4) is 0 Å². The van der Waals surface area contributed by atoms with Crippen LogP contribution in [0.1, 0.15) is 0 Å². The highest BCUT2D eigenvalue weighted by atomic mass is 19.2. The molecule has 0 atom stereocenters. The standard InChI is InChI=1S/C6H3F2N2O2/c7-3-1-5-6(2-4(3)8)10(11)12-9-5/h1-2,11H/q+1. The number of benzene rings is 1. The van der Waals surface area contributed by atoms with Gasteiger partial charge in [0.1, 0.15) is 4.90 Å². The van der Waals surface area contributed by atoms with Crippen LogP contribution < -0.4 is 4.90 Å². The second-order valence-electron chi connectivity index (χ2n) is 2.20. The highest BCUT2D eigenvalue weighted by Gasteiger charge is 2.18. The third-order valence-corrected chi connectivity index (χ3v) is 1.44. The van der Waals surface area contributed by atoms with Crippen LogP contribution in [0.25, 0.3) is 11.0 Å². The molecule has 0 aliphatic carbocycles. The fourth-order valence-corrected chi connectivity index (χ4v) is 0.879. The summed E-state index contributed by atoms with van der Waals surface area (Å²) in [5.41, 5.74) is 0.0327. The molecule has 0 radical (unpaired) electrons. The molecule has 0 saturated heterocycles. The van der Waals surface area contributed by atoms with Crippen molar-refractivity contribution in [1.82, 2.24) is 5.16 Å². The molecule has 0 unspecified atom stereocenters. The molecule has 1 heterocycles. The fraction of sp³-hybridized carbons (Fsp3) is 0. The van der Waals surface area contributed by atoms with E-state index in [1.165, 1.54) is 0 Å². The summed E-state index contributed by atoms with van der Waals surface area (Å²) in [7, 11) is 0. The molecular weight excluding hydrogens is 170 g/mol. The molecule has 0 fully saturated rings. The molecule has 2 aromatic rings. The number of hydrogen-bond acceptors (Lipinski definition) is 3. The van der Waals surface area contributed by atoms with E-state index in [9.17, 15) is 8.78 Å². The summed E-state index contributed by atoms with van der Waals surface area (Å²) in [6.07, 6.45) is 0. The van der Waals surface area contributed by atoms with E-state index in [4.69, 9.17) is 5.21 Å². The Hall–Kier alpha value is -1.72. The number of aromatic nitrogens is 2. The van der Waals surface area contributed by atoms with E-state index in [1.807, 2.05) is 0 Å². The summed E-state index contributed by atoms with van der Waals surface area (Å²) in [6, 6.07) is 1.63. The van der Waals surface area contributed by atoms with E-state index in [2.05, 4.69) is 9.79 Å². The lowest BCUT2D eigenvalue weighted by atomic mass is 10.3. The minimum Gasteiger partial charge on any atom is -0.316 e. The van der Waals surface area contributed by atoms with Crippen LogP contribution in [0, 0.1) is 11.6 Å². The predicted molar refractivity (Wildman–Crippen MR) is 31.3 cm³/mol. The normalized spacial score (nSPS) is 10.8. The maximum atomic E-state index is 12.5. The molecule has 0 spiro atoms. The van der Waals surface area contributed by atoms with Crippen molar-refractivity contribution in [3.05, 3.63) is 23.8 Å². The van der Waals surface area contributed by atoms with Gasteiger partial charge in [-0.1, -0.05) is 0 Å². The van der Waals surface area contributed by atoms with Crippen molar-refractivity contribution >= 4 is 11.0 Å². The highest BCUT2D eigenvalue weighted by Crippen LogP contribution is 2.12. The zero-order valence-electron chi connectivity index (χ0n) is 5.66. The zero-order valence-corrected chi connectivity index (χ0v) is 5.66. The second-order valence-corrected chi connectivity index (χ2v) is 2.20. The minimum atomic E-state index is -1.06. The molecule has 1 aromatic carbocycles. The van der Waals surface area contributed by atoms with Crippen molar-refractivity contribution in [1.29, 1.82) is 0 Å². The highest BCUT2D eigenvalue weighted by molar-refractivity contribution is 5.69. The van der Waals surface area contributed by atoms with E-state index in [-0.39, 0.29) is 15.9 Å².